The molecule has 6 heteroatoms. The summed E-state index contributed by atoms with van der Waals surface area (Å²) in [5, 5.41) is 6.03. The first kappa shape index (κ1) is 19.7. The minimum atomic E-state index is -0.364. The van der Waals surface area contributed by atoms with Gasteiger partial charge in [-0.1, -0.05) is 12.1 Å². The van der Waals surface area contributed by atoms with Crippen molar-refractivity contribution >= 4 is 5.91 Å². The first-order chi connectivity index (χ1) is 12.5. The van der Waals surface area contributed by atoms with E-state index in [1.165, 1.54) is 12.1 Å². The highest BCUT2D eigenvalue weighted by Gasteiger charge is 2.15. The summed E-state index contributed by atoms with van der Waals surface area (Å²) in [6.07, 6.45) is 0. The lowest BCUT2D eigenvalue weighted by atomic mass is 10.1. The Bertz CT molecular complexity index is 689. The molecule has 2 N–H and O–H groups in total. The average Bonchev–Trinajstić information content (AvgIpc) is 2.66. The zero-order valence-corrected chi connectivity index (χ0v) is 15.3. The molecule has 0 aliphatic rings. The van der Waals surface area contributed by atoms with Crippen molar-refractivity contribution in [3.05, 3.63) is 59.9 Å². The van der Waals surface area contributed by atoms with Crippen LogP contribution in [0.15, 0.2) is 48.5 Å². The first-order valence-corrected chi connectivity index (χ1v) is 8.55. The van der Waals surface area contributed by atoms with Crippen LogP contribution in [0.4, 0.5) is 4.39 Å². The van der Waals surface area contributed by atoms with E-state index >= 15 is 0 Å². The lowest BCUT2D eigenvalue weighted by Gasteiger charge is -2.19. The van der Waals surface area contributed by atoms with Gasteiger partial charge >= 0.3 is 0 Å². The third-order valence-electron chi connectivity index (χ3n) is 4.00. The van der Waals surface area contributed by atoms with Crippen LogP contribution >= 0.6 is 0 Å². The number of carbonyl (C=O) groups is 1. The average molecular weight is 360 g/mol. The fourth-order valence-electron chi connectivity index (χ4n) is 2.38. The zero-order valence-electron chi connectivity index (χ0n) is 15.3. The van der Waals surface area contributed by atoms with Gasteiger partial charge in [-0.3, -0.25) is 4.79 Å². The molecule has 0 aliphatic heterocycles. The molecule has 2 aromatic rings. The van der Waals surface area contributed by atoms with Crippen LogP contribution in [0.1, 0.15) is 25.5 Å². The molecular weight excluding hydrogens is 335 g/mol. The minimum absolute atomic E-state index is 0.119. The predicted octanol–water partition coefficient (Wildman–Crippen LogP) is 3.07. The van der Waals surface area contributed by atoms with Crippen LogP contribution in [0.3, 0.4) is 0 Å². The van der Waals surface area contributed by atoms with Crippen LogP contribution in [0.2, 0.25) is 0 Å². The molecule has 0 bridgehead atoms. The number of amides is 1. The molecule has 1 amide bonds. The van der Waals surface area contributed by atoms with Gasteiger partial charge < -0.3 is 20.1 Å². The van der Waals surface area contributed by atoms with Gasteiger partial charge in [-0.2, -0.15) is 0 Å². The number of benzene rings is 2. The zero-order chi connectivity index (χ0) is 18.9. The van der Waals surface area contributed by atoms with Gasteiger partial charge in [-0.05, 0) is 55.8 Å². The second-order valence-electron chi connectivity index (χ2n) is 5.98. The quantitative estimate of drug-likeness (QED) is 0.675. The van der Waals surface area contributed by atoms with E-state index in [0.29, 0.717) is 13.2 Å². The molecule has 140 valence electrons. The molecule has 2 aromatic carbocycles. The lowest BCUT2D eigenvalue weighted by Crippen LogP contribution is -2.44. The van der Waals surface area contributed by atoms with E-state index < -0.39 is 0 Å². The number of hydrogen-bond donors (Lipinski definition) is 2. The van der Waals surface area contributed by atoms with Crippen LogP contribution in [-0.2, 0) is 4.79 Å². The molecule has 0 aromatic heterocycles. The van der Waals surface area contributed by atoms with E-state index in [2.05, 4.69) is 10.6 Å². The molecular formula is C20H25FN2O3. The van der Waals surface area contributed by atoms with Crippen LogP contribution in [0.5, 0.6) is 11.5 Å². The van der Waals surface area contributed by atoms with Gasteiger partial charge in [0.05, 0.1) is 19.2 Å². The SMILES string of the molecule is COc1ccc(OCCN[C@H](C)C(=O)N[C@H](C)c2ccc(F)cc2)cc1. The normalized spacial score (nSPS) is 12.9. The summed E-state index contributed by atoms with van der Waals surface area (Å²) in [5.74, 6) is 1.11. The summed E-state index contributed by atoms with van der Waals surface area (Å²) < 4.78 is 23.7. The van der Waals surface area contributed by atoms with Crippen molar-refractivity contribution in [1.29, 1.82) is 0 Å². The molecule has 0 spiro atoms. The van der Waals surface area contributed by atoms with Crippen molar-refractivity contribution in [2.24, 2.45) is 0 Å². The highest BCUT2D eigenvalue weighted by atomic mass is 19.1. The molecule has 0 unspecified atom stereocenters. The van der Waals surface area contributed by atoms with E-state index in [9.17, 15) is 9.18 Å². The Labute approximate surface area is 153 Å². The summed E-state index contributed by atoms with van der Waals surface area (Å²) >= 11 is 0. The third-order valence-corrected chi connectivity index (χ3v) is 4.00. The summed E-state index contributed by atoms with van der Waals surface area (Å²) in [6, 6.07) is 12.9. The van der Waals surface area contributed by atoms with Crippen LogP contribution in [0.25, 0.3) is 0 Å². The third kappa shape index (κ3) is 6.04. The summed E-state index contributed by atoms with van der Waals surface area (Å²) in [4.78, 5) is 12.2. The van der Waals surface area contributed by atoms with E-state index in [1.807, 2.05) is 31.2 Å². The molecule has 5 nitrogen and oxygen atoms in total. The van der Waals surface area contributed by atoms with Crippen LogP contribution in [0, 0.1) is 5.82 Å². The van der Waals surface area contributed by atoms with Gasteiger partial charge in [0.15, 0.2) is 0 Å². The Morgan fingerprint density at radius 1 is 1.04 bits per heavy atom. The molecule has 0 fully saturated rings. The molecule has 0 aliphatic carbocycles. The van der Waals surface area contributed by atoms with Crippen LogP contribution < -0.4 is 20.1 Å². The second kappa shape index (κ2) is 9.77. The van der Waals surface area contributed by atoms with Crippen molar-refractivity contribution in [1.82, 2.24) is 10.6 Å². The van der Waals surface area contributed by atoms with E-state index in [-0.39, 0.29) is 23.8 Å². The maximum absolute atomic E-state index is 13.0. The van der Waals surface area contributed by atoms with Gasteiger partial charge in [0, 0.05) is 6.54 Å². The monoisotopic (exact) mass is 360 g/mol. The molecule has 2 rings (SSSR count). The van der Waals surface area contributed by atoms with Crippen molar-refractivity contribution in [2.45, 2.75) is 25.9 Å². The van der Waals surface area contributed by atoms with Crippen LogP contribution in [-0.4, -0.2) is 32.2 Å². The maximum Gasteiger partial charge on any atom is 0.237 e. The van der Waals surface area contributed by atoms with Gasteiger partial charge in [-0.15, -0.1) is 0 Å². The van der Waals surface area contributed by atoms with Gasteiger partial charge in [0.1, 0.15) is 23.9 Å². The Morgan fingerprint density at radius 2 is 1.65 bits per heavy atom. The highest BCUT2D eigenvalue weighted by molar-refractivity contribution is 5.81. The number of carbonyl (C=O) groups excluding carboxylic acids is 1. The molecule has 26 heavy (non-hydrogen) atoms. The van der Waals surface area contributed by atoms with Gasteiger partial charge in [-0.25, -0.2) is 4.39 Å². The summed E-state index contributed by atoms with van der Waals surface area (Å²) in [7, 11) is 1.61. The number of methoxy groups -OCH3 is 1. The molecule has 0 heterocycles. The smallest absolute Gasteiger partial charge is 0.237 e. The van der Waals surface area contributed by atoms with Crippen molar-refractivity contribution in [2.75, 3.05) is 20.3 Å². The second-order valence-corrected chi connectivity index (χ2v) is 5.98. The largest absolute Gasteiger partial charge is 0.497 e. The van der Waals surface area contributed by atoms with Crippen molar-refractivity contribution < 1.29 is 18.7 Å². The van der Waals surface area contributed by atoms with Gasteiger partial charge in [0.2, 0.25) is 5.91 Å². The van der Waals surface area contributed by atoms with Crippen molar-refractivity contribution in [3.8, 4) is 11.5 Å². The molecule has 0 saturated heterocycles. The number of ether oxygens (including phenoxy) is 2. The molecule has 0 saturated carbocycles. The predicted molar refractivity (Wildman–Crippen MR) is 98.9 cm³/mol. The van der Waals surface area contributed by atoms with Gasteiger partial charge in [0.25, 0.3) is 0 Å². The Hall–Kier alpha value is -2.60. The summed E-state index contributed by atoms with van der Waals surface area (Å²) in [6.45, 7) is 4.63. The molecule has 0 radical (unpaired) electrons. The standard InChI is InChI=1S/C20H25FN2O3/c1-14(16-4-6-17(21)7-5-16)23-20(24)15(2)22-12-13-26-19-10-8-18(25-3)9-11-19/h4-11,14-15,22H,12-13H2,1-3H3,(H,23,24)/t14-,15-/m1/s1. The number of nitrogens with one attached hydrogen (secondary N) is 2. The highest BCUT2D eigenvalue weighted by Crippen LogP contribution is 2.16. The number of halogens is 1. The fraction of sp³-hybridized carbons (Fsp3) is 0.350. The number of hydrogen-bond acceptors (Lipinski definition) is 4. The topological polar surface area (TPSA) is 59.6 Å². The van der Waals surface area contributed by atoms with E-state index in [4.69, 9.17) is 9.47 Å². The molecule has 2 atom stereocenters. The maximum atomic E-state index is 13.0. The van der Waals surface area contributed by atoms with E-state index in [0.717, 1.165) is 17.1 Å². The Kier molecular flexibility index (Phi) is 7.41. The lowest BCUT2D eigenvalue weighted by molar-refractivity contribution is -0.123. The number of rotatable bonds is 9. The summed E-state index contributed by atoms with van der Waals surface area (Å²) in [5.41, 5.74) is 0.856. The van der Waals surface area contributed by atoms with Crippen molar-refractivity contribution in [3.63, 3.8) is 0 Å². The minimum Gasteiger partial charge on any atom is -0.497 e. The first-order valence-electron chi connectivity index (χ1n) is 8.55. The fourth-order valence-corrected chi connectivity index (χ4v) is 2.38. The van der Waals surface area contributed by atoms with E-state index in [1.54, 1.807) is 26.2 Å². The Morgan fingerprint density at radius 3 is 2.27 bits per heavy atom. The Balaban J connectivity index is 1.70.